The van der Waals surface area contributed by atoms with Crippen molar-refractivity contribution in [2.75, 3.05) is 38.3 Å². The molecule has 19 heavy (non-hydrogen) atoms. The van der Waals surface area contributed by atoms with E-state index in [1.807, 2.05) is 0 Å². The van der Waals surface area contributed by atoms with Crippen LogP contribution in [0.15, 0.2) is 18.2 Å². The summed E-state index contributed by atoms with van der Waals surface area (Å²) in [6, 6.07) is 6.74. The number of methoxy groups -OCH3 is 1. The summed E-state index contributed by atoms with van der Waals surface area (Å²) in [5, 5.41) is 0. The molecule has 0 aromatic heterocycles. The molecule has 0 saturated carbocycles. The Morgan fingerprint density at radius 3 is 3.00 bits per heavy atom. The highest BCUT2D eigenvalue weighted by Gasteiger charge is 2.21. The molecule has 2 rings (SSSR count). The number of rotatable bonds is 5. The first kappa shape index (κ1) is 14.4. The number of aryl methyl sites for hydroxylation is 1. The third-order valence-corrected chi connectivity index (χ3v) is 3.91. The smallest absolute Gasteiger partial charge is 0.0507 e. The summed E-state index contributed by atoms with van der Waals surface area (Å²) in [6.07, 6.45) is 3.49. The Morgan fingerprint density at radius 1 is 1.42 bits per heavy atom. The summed E-state index contributed by atoms with van der Waals surface area (Å²) in [4.78, 5) is 2.51. The van der Waals surface area contributed by atoms with Gasteiger partial charge in [-0.2, -0.15) is 0 Å². The number of anilines is 1. The van der Waals surface area contributed by atoms with Gasteiger partial charge >= 0.3 is 0 Å². The number of nitrogens with two attached hydrogens (primary N) is 1. The predicted octanol–water partition coefficient (Wildman–Crippen LogP) is 2.36. The molecule has 1 saturated heterocycles. The number of piperidine rings is 1. The van der Waals surface area contributed by atoms with E-state index in [4.69, 9.17) is 10.5 Å². The zero-order valence-electron chi connectivity index (χ0n) is 12.2. The molecule has 1 aromatic rings. The van der Waals surface area contributed by atoms with Crippen molar-refractivity contribution in [1.82, 2.24) is 0 Å². The summed E-state index contributed by atoms with van der Waals surface area (Å²) in [5.74, 6) is 0.658. The number of hydrogen-bond donors (Lipinski definition) is 1. The van der Waals surface area contributed by atoms with Crippen LogP contribution in [0.1, 0.15) is 24.0 Å². The molecule has 3 nitrogen and oxygen atoms in total. The maximum Gasteiger partial charge on any atom is 0.0507 e. The lowest BCUT2D eigenvalue weighted by molar-refractivity contribution is 0.143. The Balaban J connectivity index is 2.15. The van der Waals surface area contributed by atoms with E-state index in [1.54, 1.807) is 7.11 Å². The van der Waals surface area contributed by atoms with Crippen LogP contribution in [0.4, 0.5) is 5.69 Å². The summed E-state index contributed by atoms with van der Waals surface area (Å²) >= 11 is 0. The lowest BCUT2D eigenvalue weighted by Crippen LogP contribution is -2.37. The van der Waals surface area contributed by atoms with Crippen LogP contribution in [0.2, 0.25) is 0 Å². The van der Waals surface area contributed by atoms with E-state index in [2.05, 4.69) is 30.0 Å². The second-order valence-corrected chi connectivity index (χ2v) is 5.58. The molecular weight excluding hydrogens is 236 g/mol. The van der Waals surface area contributed by atoms with Gasteiger partial charge in [-0.3, -0.25) is 0 Å². The minimum atomic E-state index is 0.658. The van der Waals surface area contributed by atoms with Crippen molar-refractivity contribution in [3.8, 4) is 0 Å². The second kappa shape index (κ2) is 6.92. The molecule has 1 atom stereocenters. The van der Waals surface area contributed by atoms with E-state index in [9.17, 15) is 0 Å². The predicted molar refractivity (Wildman–Crippen MR) is 80.8 cm³/mol. The standard InChI is InChI=1S/C16H26N2O/c1-13-5-6-16(15(10-13)7-8-17)18-9-3-4-14(11-18)12-19-2/h5-6,10,14H,3-4,7-9,11-12,17H2,1-2H3. The van der Waals surface area contributed by atoms with Crippen LogP contribution in [-0.4, -0.2) is 33.4 Å². The van der Waals surface area contributed by atoms with Gasteiger partial charge in [-0.05, 0) is 50.3 Å². The maximum atomic E-state index is 5.75. The van der Waals surface area contributed by atoms with Gasteiger partial charge in [-0.25, -0.2) is 0 Å². The average molecular weight is 262 g/mol. The van der Waals surface area contributed by atoms with Gasteiger partial charge in [0.25, 0.3) is 0 Å². The van der Waals surface area contributed by atoms with Gasteiger partial charge in [0.05, 0.1) is 6.61 Å². The highest BCUT2D eigenvalue weighted by Crippen LogP contribution is 2.27. The zero-order valence-corrected chi connectivity index (χ0v) is 12.2. The fourth-order valence-electron chi connectivity index (χ4n) is 3.03. The molecule has 0 bridgehead atoms. The van der Waals surface area contributed by atoms with Crippen molar-refractivity contribution >= 4 is 5.69 Å². The third-order valence-electron chi connectivity index (χ3n) is 3.91. The van der Waals surface area contributed by atoms with Crippen molar-refractivity contribution in [3.63, 3.8) is 0 Å². The fourth-order valence-corrected chi connectivity index (χ4v) is 3.03. The third kappa shape index (κ3) is 3.71. The largest absolute Gasteiger partial charge is 0.384 e. The summed E-state index contributed by atoms with van der Waals surface area (Å²) < 4.78 is 5.32. The van der Waals surface area contributed by atoms with E-state index < -0.39 is 0 Å². The van der Waals surface area contributed by atoms with Gasteiger partial charge in [-0.15, -0.1) is 0 Å². The van der Waals surface area contributed by atoms with Crippen LogP contribution in [0, 0.1) is 12.8 Å². The van der Waals surface area contributed by atoms with Crippen molar-refractivity contribution in [2.24, 2.45) is 11.7 Å². The van der Waals surface area contributed by atoms with Crippen LogP contribution in [-0.2, 0) is 11.2 Å². The summed E-state index contributed by atoms with van der Waals surface area (Å²) in [6.45, 7) is 5.99. The quantitative estimate of drug-likeness (QED) is 0.885. The van der Waals surface area contributed by atoms with Crippen molar-refractivity contribution < 1.29 is 4.74 Å². The summed E-state index contributed by atoms with van der Waals surface area (Å²) in [7, 11) is 1.80. The molecule has 3 heteroatoms. The Morgan fingerprint density at radius 2 is 2.26 bits per heavy atom. The molecule has 1 aromatic carbocycles. The molecule has 2 N–H and O–H groups in total. The molecule has 1 fully saturated rings. The highest BCUT2D eigenvalue weighted by atomic mass is 16.5. The minimum Gasteiger partial charge on any atom is -0.384 e. The molecule has 1 aliphatic rings. The monoisotopic (exact) mass is 262 g/mol. The van der Waals surface area contributed by atoms with E-state index in [1.165, 1.54) is 29.7 Å². The molecule has 0 radical (unpaired) electrons. The van der Waals surface area contributed by atoms with Gasteiger partial charge in [0.15, 0.2) is 0 Å². The number of hydrogen-bond acceptors (Lipinski definition) is 3. The highest BCUT2D eigenvalue weighted by molar-refractivity contribution is 5.55. The van der Waals surface area contributed by atoms with Gasteiger partial charge in [0.2, 0.25) is 0 Å². The molecule has 0 aliphatic carbocycles. The molecule has 0 spiro atoms. The van der Waals surface area contributed by atoms with Gasteiger partial charge < -0.3 is 15.4 Å². The van der Waals surface area contributed by atoms with Gasteiger partial charge in [0, 0.05) is 25.9 Å². The van der Waals surface area contributed by atoms with Crippen LogP contribution < -0.4 is 10.6 Å². The Hall–Kier alpha value is -1.06. The molecule has 106 valence electrons. The average Bonchev–Trinajstić information content (AvgIpc) is 2.40. The fraction of sp³-hybridized carbons (Fsp3) is 0.625. The van der Waals surface area contributed by atoms with E-state index in [0.717, 1.165) is 26.1 Å². The molecule has 0 amide bonds. The number of benzene rings is 1. The van der Waals surface area contributed by atoms with E-state index >= 15 is 0 Å². The first-order chi connectivity index (χ1) is 9.24. The van der Waals surface area contributed by atoms with Crippen molar-refractivity contribution in [3.05, 3.63) is 29.3 Å². The van der Waals surface area contributed by atoms with E-state index in [-0.39, 0.29) is 0 Å². The topological polar surface area (TPSA) is 38.5 Å². The van der Waals surface area contributed by atoms with E-state index in [0.29, 0.717) is 12.5 Å². The van der Waals surface area contributed by atoms with Crippen LogP contribution in [0.5, 0.6) is 0 Å². The molecular formula is C16H26N2O. The van der Waals surface area contributed by atoms with Crippen LogP contribution in [0.25, 0.3) is 0 Å². The second-order valence-electron chi connectivity index (χ2n) is 5.58. The Kier molecular flexibility index (Phi) is 5.23. The lowest BCUT2D eigenvalue weighted by Gasteiger charge is -2.35. The molecule has 1 aliphatic heterocycles. The molecule has 1 unspecified atom stereocenters. The Bertz CT molecular complexity index is 404. The zero-order chi connectivity index (χ0) is 13.7. The minimum absolute atomic E-state index is 0.658. The SMILES string of the molecule is COCC1CCCN(c2ccc(C)cc2CCN)C1. The summed E-state index contributed by atoms with van der Waals surface area (Å²) in [5.41, 5.74) is 9.82. The van der Waals surface area contributed by atoms with Crippen molar-refractivity contribution in [1.29, 1.82) is 0 Å². The number of ether oxygens (including phenoxy) is 1. The lowest BCUT2D eigenvalue weighted by atomic mass is 9.96. The van der Waals surface area contributed by atoms with Gasteiger partial charge in [-0.1, -0.05) is 17.7 Å². The van der Waals surface area contributed by atoms with Crippen LogP contribution in [0.3, 0.4) is 0 Å². The Labute approximate surface area is 116 Å². The molecule has 1 heterocycles. The van der Waals surface area contributed by atoms with Crippen LogP contribution >= 0.6 is 0 Å². The van der Waals surface area contributed by atoms with Crippen molar-refractivity contribution in [2.45, 2.75) is 26.2 Å². The van der Waals surface area contributed by atoms with Gasteiger partial charge in [0.1, 0.15) is 0 Å². The maximum absolute atomic E-state index is 5.75. The first-order valence-electron chi connectivity index (χ1n) is 7.28. The first-order valence-corrected chi connectivity index (χ1v) is 7.28. The normalized spacial score (nSPS) is 19.7. The number of nitrogens with zero attached hydrogens (tertiary/aromatic N) is 1.